The van der Waals surface area contributed by atoms with Gasteiger partial charge in [-0.05, 0) is 52.6 Å². The van der Waals surface area contributed by atoms with Crippen LogP contribution in [0.4, 0.5) is 4.79 Å². The van der Waals surface area contributed by atoms with Crippen LogP contribution in [-0.2, 0) is 11.3 Å². The van der Waals surface area contributed by atoms with Gasteiger partial charge >= 0.3 is 6.03 Å². The van der Waals surface area contributed by atoms with E-state index in [-0.39, 0.29) is 35.9 Å². The predicted molar refractivity (Wildman–Crippen MR) is 145 cm³/mol. The van der Waals surface area contributed by atoms with Crippen LogP contribution in [-0.4, -0.2) is 72.5 Å². The molecule has 3 amide bonds. The summed E-state index contributed by atoms with van der Waals surface area (Å²) in [5.74, 6) is 0.619. The molecule has 9 heteroatoms. The molecule has 0 aliphatic carbocycles. The SMILES string of the molecule is CCNC(=NCCCN1C(=O)NC(C)(CC)C1=O)NCCC(C)N(C)Cc1ccccc1.I. The Morgan fingerprint density at radius 3 is 2.52 bits per heavy atom. The molecule has 186 valence electrons. The highest BCUT2D eigenvalue weighted by molar-refractivity contribution is 14.0. The number of hydrogen-bond acceptors (Lipinski definition) is 4. The maximum Gasteiger partial charge on any atom is 0.325 e. The summed E-state index contributed by atoms with van der Waals surface area (Å²) in [5, 5.41) is 9.44. The van der Waals surface area contributed by atoms with Crippen LogP contribution in [0, 0.1) is 0 Å². The van der Waals surface area contributed by atoms with Crippen molar-refractivity contribution in [3.63, 3.8) is 0 Å². The van der Waals surface area contributed by atoms with Gasteiger partial charge in [-0.1, -0.05) is 37.3 Å². The average molecular weight is 573 g/mol. The van der Waals surface area contributed by atoms with Crippen LogP contribution in [0.5, 0.6) is 0 Å². The highest BCUT2D eigenvalue weighted by Crippen LogP contribution is 2.20. The molecule has 3 N–H and O–H groups in total. The minimum absolute atomic E-state index is 0. The van der Waals surface area contributed by atoms with Crippen molar-refractivity contribution >= 4 is 41.9 Å². The third kappa shape index (κ3) is 8.77. The van der Waals surface area contributed by atoms with Crippen LogP contribution in [0.15, 0.2) is 35.3 Å². The smallest absolute Gasteiger partial charge is 0.325 e. The Morgan fingerprint density at radius 1 is 1.21 bits per heavy atom. The molecule has 1 fully saturated rings. The van der Waals surface area contributed by atoms with Gasteiger partial charge in [0, 0.05) is 38.8 Å². The number of imide groups is 1. The molecule has 2 atom stereocenters. The fraction of sp³-hybridized carbons (Fsp3) is 0.625. The Hall–Kier alpha value is -1.88. The molecular formula is C24H41IN6O2. The van der Waals surface area contributed by atoms with E-state index >= 15 is 0 Å². The van der Waals surface area contributed by atoms with Gasteiger partial charge in [0.25, 0.3) is 5.91 Å². The van der Waals surface area contributed by atoms with Crippen molar-refractivity contribution in [1.82, 2.24) is 25.8 Å². The monoisotopic (exact) mass is 572 g/mol. The summed E-state index contributed by atoms with van der Waals surface area (Å²) in [6, 6.07) is 10.6. The normalized spacial score (nSPS) is 19.3. The highest BCUT2D eigenvalue weighted by Gasteiger charge is 2.45. The van der Waals surface area contributed by atoms with Gasteiger partial charge in [-0.15, -0.1) is 24.0 Å². The molecule has 1 saturated heterocycles. The number of nitrogens with zero attached hydrogens (tertiary/aromatic N) is 3. The maximum atomic E-state index is 12.5. The highest BCUT2D eigenvalue weighted by atomic mass is 127. The lowest BCUT2D eigenvalue weighted by Crippen LogP contribution is -2.43. The van der Waals surface area contributed by atoms with E-state index in [4.69, 9.17) is 0 Å². The van der Waals surface area contributed by atoms with E-state index < -0.39 is 5.54 Å². The summed E-state index contributed by atoms with van der Waals surface area (Å²) >= 11 is 0. The Balaban J connectivity index is 0.00000544. The van der Waals surface area contributed by atoms with Crippen LogP contribution in [0.2, 0.25) is 0 Å². The van der Waals surface area contributed by atoms with Crippen LogP contribution in [0.25, 0.3) is 0 Å². The molecule has 0 bridgehead atoms. The van der Waals surface area contributed by atoms with Gasteiger partial charge in [-0.2, -0.15) is 0 Å². The second-order valence-corrected chi connectivity index (χ2v) is 8.65. The minimum atomic E-state index is -0.777. The maximum absolute atomic E-state index is 12.5. The number of carbonyl (C=O) groups excluding carboxylic acids is 2. The number of hydrogen-bond donors (Lipinski definition) is 3. The van der Waals surface area contributed by atoms with Gasteiger partial charge in [0.05, 0.1) is 0 Å². The van der Waals surface area contributed by atoms with Crippen molar-refractivity contribution in [3.8, 4) is 0 Å². The van der Waals surface area contributed by atoms with Crippen molar-refractivity contribution in [3.05, 3.63) is 35.9 Å². The van der Waals surface area contributed by atoms with Crippen molar-refractivity contribution < 1.29 is 9.59 Å². The lowest BCUT2D eigenvalue weighted by molar-refractivity contribution is -0.130. The predicted octanol–water partition coefficient (Wildman–Crippen LogP) is 3.18. The number of amides is 3. The van der Waals surface area contributed by atoms with Crippen molar-refractivity contribution in [2.75, 3.05) is 33.2 Å². The van der Waals surface area contributed by atoms with E-state index in [0.29, 0.717) is 32.0 Å². The molecular weight excluding hydrogens is 531 g/mol. The Labute approximate surface area is 216 Å². The molecule has 0 saturated carbocycles. The molecule has 2 unspecified atom stereocenters. The first-order valence-electron chi connectivity index (χ1n) is 11.7. The topological polar surface area (TPSA) is 89.1 Å². The Morgan fingerprint density at radius 2 is 1.91 bits per heavy atom. The summed E-state index contributed by atoms with van der Waals surface area (Å²) in [6.45, 7) is 11.4. The second-order valence-electron chi connectivity index (χ2n) is 8.65. The molecule has 1 aliphatic rings. The van der Waals surface area contributed by atoms with Crippen molar-refractivity contribution in [2.45, 2.75) is 65.1 Å². The summed E-state index contributed by atoms with van der Waals surface area (Å²) in [4.78, 5) is 32.8. The lowest BCUT2D eigenvalue weighted by Gasteiger charge is -2.25. The van der Waals surface area contributed by atoms with Crippen molar-refractivity contribution in [2.24, 2.45) is 4.99 Å². The number of carbonyl (C=O) groups is 2. The second kappa shape index (κ2) is 14.4. The molecule has 1 aromatic rings. The van der Waals surface area contributed by atoms with E-state index in [9.17, 15) is 9.59 Å². The summed E-state index contributed by atoms with van der Waals surface area (Å²) < 4.78 is 0. The molecule has 8 nitrogen and oxygen atoms in total. The molecule has 0 aromatic heterocycles. The van der Waals surface area contributed by atoms with Crippen LogP contribution in [0.1, 0.15) is 52.5 Å². The van der Waals surface area contributed by atoms with E-state index in [1.54, 1.807) is 6.92 Å². The number of benzene rings is 1. The van der Waals surface area contributed by atoms with Gasteiger partial charge in [0.2, 0.25) is 0 Å². The zero-order valence-electron chi connectivity index (χ0n) is 20.7. The zero-order chi connectivity index (χ0) is 23.6. The van der Waals surface area contributed by atoms with Crippen LogP contribution >= 0.6 is 24.0 Å². The van der Waals surface area contributed by atoms with Crippen molar-refractivity contribution in [1.29, 1.82) is 0 Å². The fourth-order valence-corrected chi connectivity index (χ4v) is 3.60. The third-order valence-electron chi connectivity index (χ3n) is 6.09. The number of aliphatic imine (C=N–C) groups is 1. The van der Waals surface area contributed by atoms with Gasteiger partial charge in [-0.3, -0.25) is 19.6 Å². The standard InChI is InChI=1S/C24H40N6O2.HI/c1-6-24(4)21(31)30(23(32)28-24)17-11-15-26-22(25-7-2)27-16-14-19(3)29(5)18-20-12-9-8-10-13-20;/h8-10,12-13,19H,6-7,11,14-18H2,1-5H3,(H,28,32)(H2,25,26,27);1H. The first kappa shape index (κ1) is 29.2. The Kier molecular flexibility index (Phi) is 12.7. The number of nitrogens with one attached hydrogen (secondary N) is 3. The largest absolute Gasteiger partial charge is 0.357 e. The molecule has 0 radical (unpaired) electrons. The number of rotatable bonds is 12. The van der Waals surface area contributed by atoms with Crippen LogP contribution < -0.4 is 16.0 Å². The van der Waals surface area contributed by atoms with Gasteiger partial charge < -0.3 is 16.0 Å². The third-order valence-corrected chi connectivity index (χ3v) is 6.09. The zero-order valence-corrected chi connectivity index (χ0v) is 23.0. The van der Waals surface area contributed by atoms with E-state index in [0.717, 1.165) is 32.0 Å². The minimum Gasteiger partial charge on any atom is -0.357 e. The van der Waals surface area contributed by atoms with Gasteiger partial charge in [0.15, 0.2) is 5.96 Å². The number of guanidine groups is 1. The first-order valence-corrected chi connectivity index (χ1v) is 11.7. The lowest BCUT2D eigenvalue weighted by atomic mass is 9.99. The van der Waals surface area contributed by atoms with Gasteiger partial charge in [0.1, 0.15) is 5.54 Å². The molecule has 2 rings (SSSR count). The van der Waals surface area contributed by atoms with Crippen LogP contribution in [0.3, 0.4) is 0 Å². The Bertz CT molecular complexity index is 775. The molecule has 1 aliphatic heterocycles. The summed E-state index contributed by atoms with van der Waals surface area (Å²) in [6.07, 6.45) is 2.21. The molecule has 33 heavy (non-hydrogen) atoms. The number of halogens is 1. The fourth-order valence-electron chi connectivity index (χ4n) is 3.60. The molecule has 0 spiro atoms. The van der Waals surface area contributed by atoms with Gasteiger partial charge in [-0.25, -0.2) is 4.79 Å². The molecule has 1 heterocycles. The molecule has 1 aromatic carbocycles. The van der Waals surface area contributed by atoms with E-state index in [1.165, 1.54) is 10.5 Å². The summed E-state index contributed by atoms with van der Waals surface area (Å²) in [5.41, 5.74) is 0.537. The van der Waals surface area contributed by atoms with E-state index in [1.807, 2.05) is 19.9 Å². The van der Waals surface area contributed by atoms with E-state index in [2.05, 4.69) is 64.1 Å². The number of urea groups is 1. The summed E-state index contributed by atoms with van der Waals surface area (Å²) in [7, 11) is 2.15. The quantitative estimate of drug-likeness (QED) is 0.118. The first-order chi connectivity index (χ1) is 15.3. The average Bonchev–Trinajstić information content (AvgIpc) is 3.00.